The van der Waals surface area contributed by atoms with Crippen LogP contribution in [0.15, 0.2) is 0 Å². The Morgan fingerprint density at radius 3 is 2.21 bits per heavy atom. The number of nitrogens with zero attached hydrogens (tertiary/aromatic N) is 2. The highest BCUT2D eigenvalue weighted by atomic mass is 16.2. The van der Waals surface area contributed by atoms with Crippen LogP contribution in [0.25, 0.3) is 0 Å². The van der Waals surface area contributed by atoms with E-state index in [-0.39, 0.29) is 16.9 Å². The fourth-order valence-electron chi connectivity index (χ4n) is 2.68. The maximum Gasteiger partial charge on any atom is 0.272 e. The van der Waals surface area contributed by atoms with Gasteiger partial charge in [-0.15, -0.1) is 0 Å². The standard InChI is InChI=1S/C14H26N4O/c1-9-10(15)11(18(7)17-9)12(19)16-14(5,6)8-13(2,3)4/h8,15H2,1-7H3,(H,16,19). The minimum atomic E-state index is -0.292. The molecule has 1 aromatic rings. The number of aromatic nitrogens is 2. The van der Waals surface area contributed by atoms with Crippen LogP contribution in [0.4, 0.5) is 5.69 Å². The van der Waals surface area contributed by atoms with Gasteiger partial charge in [0.25, 0.3) is 5.91 Å². The molecule has 0 saturated heterocycles. The molecule has 5 heteroatoms. The number of nitrogen functional groups attached to an aromatic ring is 1. The zero-order chi connectivity index (χ0) is 15.0. The zero-order valence-corrected chi connectivity index (χ0v) is 13.1. The van der Waals surface area contributed by atoms with Gasteiger partial charge in [-0.3, -0.25) is 9.48 Å². The van der Waals surface area contributed by atoms with Crippen molar-refractivity contribution in [2.45, 2.75) is 53.5 Å². The third-order valence-electron chi connectivity index (χ3n) is 2.91. The number of nitrogens with one attached hydrogen (secondary N) is 1. The number of amides is 1. The van der Waals surface area contributed by atoms with E-state index in [4.69, 9.17) is 5.73 Å². The fraction of sp³-hybridized carbons (Fsp3) is 0.714. The lowest BCUT2D eigenvalue weighted by atomic mass is 9.82. The SMILES string of the molecule is Cc1nn(C)c(C(=O)NC(C)(C)CC(C)(C)C)c1N. The van der Waals surface area contributed by atoms with Crippen LogP contribution in [-0.2, 0) is 7.05 Å². The first-order valence-corrected chi connectivity index (χ1v) is 6.54. The summed E-state index contributed by atoms with van der Waals surface area (Å²) in [7, 11) is 1.73. The fourth-order valence-corrected chi connectivity index (χ4v) is 2.68. The Balaban J connectivity index is 2.91. The molecule has 0 bridgehead atoms. The van der Waals surface area contributed by atoms with Crippen LogP contribution in [-0.4, -0.2) is 21.2 Å². The summed E-state index contributed by atoms with van der Waals surface area (Å²) in [6, 6.07) is 0. The number of anilines is 1. The second-order valence-corrected chi connectivity index (χ2v) is 7.05. The van der Waals surface area contributed by atoms with Crippen LogP contribution >= 0.6 is 0 Å². The molecule has 1 heterocycles. The summed E-state index contributed by atoms with van der Waals surface area (Å²) >= 11 is 0. The Kier molecular flexibility index (Phi) is 3.98. The van der Waals surface area contributed by atoms with Crippen LogP contribution in [0.3, 0.4) is 0 Å². The lowest BCUT2D eigenvalue weighted by molar-refractivity contribution is 0.0882. The molecule has 1 amide bonds. The third-order valence-corrected chi connectivity index (χ3v) is 2.91. The Morgan fingerprint density at radius 2 is 1.84 bits per heavy atom. The van der Waals surface area contributed by atoms with Gasteiger partial charge in [0.15, 0.2) is 0 Å². The van der Waals surface area contributed by atoms with Gasteiger partial charge in [0, 0.05) is 12.6 Å². The topological polar surface area (TPSA) is 72.9 Å². The zero-order valence-electron chi connectivity index (χ0n) is 13.1. The molecular formula is C14H26N4O. The summed E-state index contributed by atoms with van der Waals surface area (Å²) in [5.41, 5.74) is 7.32. The molecule has 19 heavy (non-hydrogen) atoms. The molecule has 5 nitrogen and oxygen atoms in total. The van der Waals surface area contributed by atoms with Gasteiger partial charge in [0.1, 0.15) is 5.69 Å². The van der Waals surface area contributed by atoms with Crippen LogP contribution in [0, 0.1) is 12.3 Å². The number of aryl methyl sites for hydroxylation is 2. The average molecular weight is 266 g/mol. The normalized spacial score (nSPS) is 12.6. The maximum absolute atomic E-state index is 12.3. The maximum atomic E-state index is 12.3. The van der Waals surface area contributed by atoms with Crippen molar-refractivity contribution in [3.8, 4) is 0 Å². The molecule has 3 N–H and O–H groups in total. The van der Waals surface area contributed by atoms with Crippen LogP contribution in [0.5, 0.6) is 0 Å². The Bertz CT molecular complexity index is 480. The van der Waals surface area contributed by atoms with E-state index in [2.05, 4.69) is 31.2 Å². The summed E-state index contributed by atoms with van der Waals surface area (Å²) in [6.07, 6.45) is 0.877. The van der Waals surface area contributed by atoms with Crippen molar-refractivity contribution < 1.29 is 4.79 Å². The second kappa shape index (κ2) is 4.87. The van der Waals surface area contributed by atoms with Crippen molar-refractivity contribution in [1.82, 2.24) is 15.1 Å². The first-order chi connectivity index (χ1) is 8.43. The highest BCUT2D eigenvalue weighted by molar-refractivity contribution is 5.98. The van der Waals surface area contributed by atoms with E-state index < -0.39 is 0 Å². The van der Waals surface area contributed by atoms with E-state index in [0.717, 1.165) is 6.42 Å². The van der Waals surface area contributed by atoms with Crippen LogP contribution in [0.2, 0.25) is 0 Å². The third kappa shape index (κ3) is 3.98. The molecule has 1 aromatic heterocycles. The molecule has 0 saturated carbocycles. The minimum absolute atomic E-state index is 0.144. The van der Waals surface area contributed by atoms with Gasteiger partial charge in [-0.2, -0.15) is 5.10 Å². The molecule has 0 aliphatic heterocycles. The summed E-state index contributed by atoms with van der Waals surface area (Å²) < 4.78 is 1.53. The van der Waals surface area contributed by atoms with Gasteiger partial charge in [-0.05, 0) is 32.6 Å². The van der Waals surface area contributed by atoms with Gasteiger partial charge < -0.3 is 11.1 Å². The van der Waals surface area contributed by atoms with Crippen molar-refractivity contribution in [2.75, 3.05) is 5.73 Å². The Morgan fingerprint density at radius 1 is 1.32 bits per heavy atom. The summed E-state index contributed by atoms with van der Waals surface area (Å²) in [5, 5.41) is 7.21. The number of hydrogen-bond donors (Lipinski definition) is 2. The minimum Gasteiger partial charge on any atom is -0.395 e. The van der Waals surface area contributed by atoms with E-state index >= 15 is 0 Å². The predicted octanol–water partition coefficient (Wildman–Crippen LogP) is 2.26. The summed E-state index contributed by atoms with van der Waals surface area (Å²) in [4.78, 5) is 12.3. The largest absolute Gasteiger partial charge is 0.395 e. The molecule has 0 aliphatic rings. The van der Waals surface area contributed by atoms with E-state index in [1.54, 1.807) is 14.0 Å². The Hall–Kier alpha value is -1.52. The van der Waals surface area contributed by atoms with Gasteiger partial charge in [0.05, 0.1) is 11.4 Å². The monoisotopic (exact) mass is 266 g/mol. The predicted molar refractivity (Wildman–Crippen MR) is 78.0 cm³/mol. The van der Waals surface area contributed by atoms with E-state index in [0.29, 0.717) is 17.1 Å². The van der Waals surface area contributed by atoms with E-state index in [9.17, 15) is 4.79 Å². The van der Waals surface area contributed by atoms with Crippen LogP contribution in [0.1, 0.15) is 57.2 Å². The van der Waals surface area contributed by atoms with Crippen molar-refractivity contribution in [3.05, 3.63) is 11.4 Å². The highest BCUT2D eigenvalue weighted by Crippen LogP contribution is 2.27. The van der Waals surface area contributed by atoms with Crippen molar-refractivity contribution in [2.24, 2.45) is 12.5 Å². The number of hydrogen-bond acceptors (Lipinski definition) is 3. The van der Waals surface area contributed by atoms with Crippen LogP contribution < -0.4 is 11.1 Å². The van der Waals surface area contributed by atoms with Gasteiger partial charge in [-0.1, -0.05) is 20.8 Å². The number of nitrogens with two attached hydrogens (primary N) is 1. The lowest BCUT2D eigenvalue weighted by Crippen LogP contribution is -2.46. The molecule has 1 rings (SSSR count). The molecule has 0 fully saturated rings. The molecule has 0 unspecified atom stereocenters. The smallest absolute Gasteiger partial charge is 0.272 e. The lowest BCUT2D eigenvalue weighted by Gasteiger charge is -2.33. The summed E-state index contributed by atoms with van der Waals surface area (Å²) in [6.45, 7) is 12.3. The number of carbonyl (C=O) groups is 1. The number of carbonyl (C=O) groups excluding carboxylic acids is 1. The van der Waals surface area contributed by atoms with Crippen molar-refractivity contribution in [1.29, 1.82) is 0 Å². The van der Waals surface area contributed by atoms with Crippen molar-refractivity contribution in [3.63, 3.8) is 0 Å². The molecule has 0 spiro atoms. The van der Waals surface area contributed by atoms with E-state index in [1.165, 1.54) is 4.68 Å². The first kappa shape index (κ1) is 15.5. The molecule has 0 aliphatic carbocycles. The van der Waals surface area contributed by atoms with Gasteiger partial charge in [-0.25, -0.2) is 0 Å². The molecule has 0 atom stereocenters. The molecular weight excluding hydrogens is 240 g/mol. The number of rotatable bonds is 3. The second-order valence-electron chi connectivity index (χ2n) is 7.05. The Labute approximate surface area is 115 Å². The van der Waals surface area contributed by atoms with Gasteiger partial charge >= 0.3 is 0 Å². The van der Waals surface area contributed by atoms with E-state index in [1.807, 2.05) is 13.8 Å². The summed E-state index contributed by atoms with van der Waals surface area (Å²) in [5.74, 6) is -0.171. The van der Waals surface area contributed by atoms with Gasteiger partial charge in [0.2, 0.25) is 0 Å². The molecule has 0 aromatic carbocycles. The molecule has 0 radical (unpaired) electrons. The van der Waals surface area contributed by atoms with Crippen molar-refractivity contribution >= 4 is 11.6 Å². The molecule has 108 valence electrons. The quantitative estimate of drug-likeness (QED) is 0.881. The first-order valence-electron chi connectivity index (χ1n) is 6.54. The average Bonchev–Trinajstić information content (AvgIpc) is 2.35. The highest BCUT2D eigenvalue weighted by Gasteiger charge is 2.29.